The van der Waals surface area contributed by atoms with Gasteiger partial charge in [-0.05, 0) is 12.8 Å². The predicted molar refractivity (Wildman–Crippen MR) is 73.4 cm³/mol. The molecule has 0 aromatic carbocycles. The molecule has 0 amide bonds. The molecule has 86 valence electrons. The fraction of sp³-hybridized carbons (Fsp3) is 1.00. The maximum absolute atomic E-state index is 5.58. The van der Waals surface area contributed by atoms with Gasteiger partial charge < -0.3 is 4.52 Å². The van der Waals surface area contributed by atoms with E-state index in [1.54, 1.807) is 0 Å². The summed E-state index contributed by atoms with van der Waals surface area (Å²) in [6, 6.07) is 0. The molecule has 4 heteroatoms. The monoisotopic (exact) mass is 254 g/mol. The Morgan fingerprint density at radius 2 is 1.79 bits per heavy atom. The number of hydrogen-bond donors (Lipinski definition) is 1. The Morgan fingerprint density at radius 3 is 2.43 bits per heavy atom. The molecule has 0 aromatic heterocycles. The minimum atomic E-state index is -0.502. The van der Waals surface area contributed by atoms with E-state index in [4.69, 9.17) is 4.52 Å². The number of hydrogen-bond acceptors (Lipinski definition) is 3. The van der Waals surface area contributed by atoms with Crippen molar-refractivity contribution in [3.8, 4) is 0 Å². The Morgan fingerprint density at radius 1 is 1.07 bits per heavy atom. The van der Waals surface area contributed by atoms with Crippen LogP contribution in [0, 0.1) is 0 Å². The van der Waals surface area contributed by atoms with Crippen molar-refractivity contribution < 1.29 is 4.52 Å². The number of unbranched alkanes of at least 4 members (excludes halogenated alkanes) is 4. The SMILES string of the molecule is CCCCCCSP(S)OCCCC. The van der Waals surface area contributed by atoms with Gasteiger partial charge in [0.1, 0.15) is 6.55 Å². The third-order valence-corrected chi connectivity index (χ3v) is 5.91. The highest BCUT2D eigenvalue weighted by Gasteiger charge is 2.02. The summed E-state index contributed by atoms with van der Waals surface area (Å²) in [5.41, 5.74) is 0. The molecule has 0 aliphatic rings. The highest BCUT2D eigenvalue weighted by Crippen LogP contribution is 2.55. The van der Waals surface area contributed by atoms with E-state index < -0.39 is 6.55 Å². The van der Waals surface area contributed by atoms with E-state index in [2.05, 4.69) is 26.1 Å². The lowest BCUT2D eigenvalue weighted by Crippen LogP contribution is -1.85. The van der Waals surface area contributed by atoms with Crippen molar-refractivity contribution >= 4 is 30.2 Å². The standard InChI is InChI=1S/C10H23OPS2/c1-3-5-7-8-10-14-12(13)11-9-6-4-2/h13H,3-10H2,1-2H3. The van der Waals surface area contributed by atoms with E-state index >= 15 is 0 Å². The summed E-state index contributed by atoms with van der Waals surface area (Å²) >= 11 is 6.32. The fourth-order valence-electron chi connectivity index (χ4n) is 0.996. The third-order valence-electron chi connectivity index (χ3n) is 1.90. The van der Waals surface area contributed by atoms with Gasteiger partial charge in [-0.2, -0.15) is 0 Å². The molecule has 0 N–H and O–H groups in total. The second-order valence-electron chi connectivity index (χ2n) is 3.32. The van der Waals surface area contributed by atoms with Gasteiger partial charge in [-0.25, -0.2) is 0 Å². The molecule has 0 rings (SSSR count). The highest BCUT2D eigenvalue weighted by molar-refractivity contribution is 8.82. The molecule has 1 nitrogen and oxygen atoms in total. The minimum absolute atomic E-state index is 0.502. The first-order chi connectivity index (χ1) is 6.81. The van der Waals surface area contributed by atoms with Crippen molar-refractivity contribution in [2.24, 2.45) is 0 Å². The Balaban J connectivity index is 3.06. The van der Waals surface area contributed by atoms with Crippen LogP contribution in [-0.2, 0) is 4.52 Å². The molecule has 0 radical (unpaired) electrons. The lowest BCUT2D eigenvalue weighted by atomic mass is 10.2. The van der Waals surface area contributed by atoms with Gasteiger partial charge in [-0.15, -0.1) is 12.2 Å². The molecular weight excluding hydrogens is 231 g/mol. The first kappa shape index (κ1) is 15.1. The summed E-state index contributed by atoms with van der Waals surface area (Å²) in [7, 11) is 0. The molecule has 0 aliphatic carbocycles. The first-order valence-corrected chi connectivity index (χ1v) is 9.56. The van der Waals surface area contributed by atoms with Crippen molar-refractivity contribution in [2.45, 2.75) is 52.4 Å². The van der Waals surface area contributed by atoms with Gasteiger partial charge >= 0.3 is 0 Å². The highest BCUT2D eigenvalue weighted by atomic mass is 33.1. The van der Waals surface area contributed by atoms with Crippen molar-refractivity contribution in [1.82, 2.24) is 0 Å². The van der Waals surface area contributed by atoms with Crippen LogP contribution in [0.1, 0.15) is 52.4 Å². The molecule has 0 heterocycles. The Hall–Kier alpha value is 1.09. The van der Waals surface area contributed by atoms with Crippen LogP contribution in [0.3, 0.4) is 0 Å². The largest absolute Gasteiger partial charge is 0.339 e. The van der Waals surface area contributed by atoms with Crippen LogP contribution < -0.4 is 0 Å². The zero-order valence-corrected chi connectivity index (χ0v) is 12.0. The van der Waals surface area contributed by atoms with E-state index in [1.165, 1.54) is 37.9 Å². The average molecular weight is 254 g/mol. The molecule has 0 aliphatic heterocycles. The normalized spacial score (nSPS) is 13.1. The van der Waals surface area contributed by atoms with Crippen molar-refractivity contribution in [3.63, 3.8) is 0 Å². The fourth-order valence-corrected chi connectivity index (χ4v) is 4.13. The minimum Gasteiger partial charge on any atom is -0.339 e. The Labute approximate surface area is 99.5 Å². The van der Waals surface area contributed by atoms with Crippen LogP contribution >= 0.6 is 30.2 Å². The van der Waals surface area contributed by atoms with Crippen molar-refractivity contribution in [1.29, 1.82) is 0 Å². The molecule has 0 bridgehead atoms. The van der Waals surface area contributed by atoms with Crippen LogP contribution in [0.15, 0.2) is 0 Å². The predicted octanol–water partition coefficient (Wildman–Crippen LogP) is 5.27. The molecular formula is C10H23OPS2. The topological polar surface area (TPSA) is 9.23 Å². The van der Waals surface area contributed by atoms with Gasteiger partial charge in [0.2, 0.25) is 0 Å². The smallest absolute Gasteiger partial charge is 0.148 e. The van der Waals surface area contributed by atoms with Gasteiger partial charge in [0, 0.05) is 5.75 Å². The second kappa shape index (κ2) is 12.2. The lowest BCUT2D eigenvalue weighted by molar-refractivity contribution is 0.356. The zero-order valence-electron chi connectivity index (χ0n) is 9.37. The van der Waals surface area contributed by atoms with Crippen molar-refractivity contribution in [2.75, 3.05) is 12.4 Å². The lowest BCUT2D eigenvalue weighted by Gasteiger charge is -2.10. The maximum atomic E-state index is 5.58. The Kier molecular flexibility index (Phi) is 13.1. The molecule has 14 heavy (non-hydrogen) atoms. The molecule has 1 atom stereocenters. The van der Waals surface area contributed by atoms with Crippen LogP contribution in [0.25, 0.3) is 0 Å². The molecule has 0 aromatic rings. The summed E-state index contributed by atoms with van der Waals surface area (Å²) in [6.45, 7) is 4.81. The van der Waals surface area contributed by atoms with E-state index in [1.807, 2.05) is 11.4 Å². The van der Waals surface area contributed by atoms with Crippen LogP contribution in [-0.4, -0.2) is 12.4 Å². The second-order valence-corrected chi connectivity index (χ2v) is 8.39. The van der Waals surface area contributed by atoms with E-state index in [0.717, 1.165) is 13.0 Å². The van der Waals surface area contributed by atoms with Crippen LogP contribution in [0.5, 0.6) is 0 Å². The van der Waals surface area contributed by atoms with Gasteiger partial charge in [-0.1, -0.05) is 50.9 Å². The average Bonchev–Trinajstić information content (AvgIpc) is 2.18. The van der Waals surface area contributed by atoms with Crippen LogP contribution in [0.2, 0.25) is 0 Å². The summed E-state index contributed by atoms with van der Waals surface area (Å²) in [6.07, 6.45) is 7.72. The quantitative estimate of drug-likeness (QED) is 0.323. The Bertz CT molecular complexity index is 114. The van der Waals surface area contributed by atoms with E-state index in [9.17, 15) is 0 Å². The molecule has 0 fully saturated rings. The summed E-state index contributed by atoms with van der Waals surface area (Å²) in [4.78, 5) is 0. The number of thiol groups is 1. The molecule has 0 saturated carbocycles. The van der Waals surface area contributed by atoms with E-state index in [-0.39, 0.29) is 0 Å². The van der Waals surface area contributed by atoms with Crippen LogP contribution in [0.4, 0.5) is 0 Å². The van der Waals surface area contributed by atoms with Gasteiger partial charge in [-0.3, -0.25) is 0 Å². The number of rotatable bonds is 10. The molecule has 1 unspecified atom stereocenters. The van der Waals surface area contributed by atoms with Gasteiger partial charge in [0.25, 0.3) is 0 Å². The van der Waals surface area contributed by atoms with Crippen molar-refractivity contribution in [3.05, 3.63) is 0 Å². The van der Waals surface area contributed by atoms with Gasteiger partial charge in [0.05, 0.1) is 6.61 Å². The third kappa shape index (κ3) is 11.2. The molecule has 0 saturated heterocycles. The summed E-state index contributed by atoms with van der Waals surface area (Å²) < 4.78 is 5.58. The first-order valence-electron chi connectivity index (χ1n) is 5.56. The molecule has 0 spiro atoms. The zero-order chi connectivity index (χ0) is 10.6. The van der Waals surface area contributed by atoms with Gasteiger partial charge in [0.15, 0.2) is 0 Å². The van der Waals surface area contributed by atoms with E-state index in [0.29, 0.717) is 0 Å². The summed E-state index contributed by atoms with van der Waals surface area (Å²) in [5, 5.41) is 0. The summed E-state index contributed by atoms with van der Waals surface area (Å²) in [5.74, 6) is 1.21. The maximum Gasteiger partial charge on any atom is 0.148 e.